The van der Waals surface area contributed by atoms with Gasteiger partial charge in [-0.15, -0.1) is 0 Å². The van der Waals surface area contributed by atoms with E-state index in [2.05, 4.69) is 27.3 Å². The van der Waals surface area contributed by atoms with E-state index < -0.39 is 0 Å². The molecule has 6 heteroatoms. The van der Waals surface area contributed by atoms with Gasteiger partial charge in [-0.2, -0.15) is 16.3 Å². The lowest BCUT2D eigenvalue weighted by molar-refractivity contribution is -0.120. The second-order valence-corrected chi connectivity index (χ2v) is 5.75. The molecule has 1 aromatic carbocycles. The first-order valence-corrected chi connectivity index (χ1v) is 8.41. The van der Waals surface area contributed by atoms with Crippen LogP contribution in [0.5, 0.6) is 0 Å². The zero-order valence-corrected chi connectivity index (χ0v) is 13.7. The Morgan fingerprint density at radius 3 is 2.92 bits per heavy atom. The molecule has 3 rings (SSSR count). The van der Waals surface area contributed by atoms with Gasteiger partial charge in [-0.05, 0) is 23.6 Å². The van der Waals surface area contributed by atoms with Crippen molar-refractivity contribution in [3.8, 4) is 23.2 Å². The number of hydrogen-bond donors (Lipinski definition) is 1. The van der Waals surface area contributed by atoms with Gasteiger partial charge >= 0.3 is 0 Å². The molecule has 2 heterocycles. The fourth-order valence-electron chi connectivity index (χ4n) is 1.98. The first-order valence-electron chi connectivity index (χ1n) is 7.47. The monoisotopic (exact) mass is 337 g/mol. The van der Waals surface area contributed by atoms with Gasteiger partial charge in [-0.3, -0.25) is 4.79 Å². The topological polar surface area (TPSA) is 68.0 Å². The number of nitrogens with zero attached hydrogens (tertiary/aromatic N) is 2. The molecule has 0 radical (unpaired) electrons. The van der Waals surface area contributed by atoms with Crippen LogP contribution in [0.2, 0.25) is 0 Å². The Labute approximate surface area is 143 Å². The molecular formula is C18H15N3O2S. The van der Waals surface area contributed by atoms with Crippen LogP contribution in [-0.2, 0) is 11.2 Å². The third kappa shape index (κ3) is 4.54. The minimum atomic E-state index is -0.0901. The minimum absolute atomic E-state index is 0.0901. The molecule has 0 saturated carbocycles. The second kappa shape index (κ2) is 8.09. The van der Waals surface area contributed by atoms with Crippen LogP contribution < -0.4 is 5.32 Å². The number of rotatable bonds is 5. The van der Waals surface area contributed by atoms with Crippen molar-refractivity contribution in [1.82, 2.24) is 15.5 Å². The summed E-state index contributed by atoms with van der Waals surface area (Å²) in [6.45, 7) is 0.317. The number of thiophene rings is 1. The Morgan fingerprint density at radius 2 is 2.12 bits per heavy atom. The first-order chi connectivity index (χ1) is 11.8. The van der Waals surface area contributed by atoms with Gasteiger partial charge in [0.1, 0.15) is 0 Å². The maximum absolute atomic E-state index is 11.8. The summed E-state index contributed by atoms with van der Waals surface area (Å²) in [6.07, 6.45) is 0.702. The fourth-order valence-corrected chi connectivity index (χ4v) is 2.62. The van der Waals surface area contributed by atoms with Gasteiger partial charge in [0.15, 0.2) is 0 Å². The zero-order chi connectivity index (χ0) is 16.6. The van der Waals surface area contributed by atoms with Crippen LogP contribution in [0.3, 0.4) is 0 Å². The molecule has 0 spiro atoms. The lowest BCUT2D eigenvalue weighted by Crippen LogP contribution is -2.23. The highest BCUT2D eigenvalue weighted by Crippen LogP contribution is 2.18. The predicted octanol–water partition coefficient (Wildman–Crippen LogP) is 2.90. The maximum Gasteiger partial charge on any atom is 0.227 e. The Hall–Kier alpha value is -2.91. The van der Waals surface area contributed by atoms with E-state index in [0.717, 1.165) is 11.1 Å². The standard InChI is InChI=1S/C18H15N3O2S/c22-16(19-11-4-7-14-5-2-1-3-6-14)8-9-17-20-18(21-23-17)15-10-12-24-13-15/h1-3,5-6,10,12-13H,8-9,11H2,(H,19,22). The molecule has 0 unspecified atom stereocenters. The molecule has 120 valence electrons. The molecule has 0 fully saturated rings. The van der Waals surface area contributed by atoms with Crippen molar-refractivity contribution < 1.29 is 9.32 Å². The SMILES string of the molecule is O=C(CCc1nc(-c2ccsc2)no1)NCC#Cc1ccccc1. The van der Waals surface area contributed by atoms with Crippen molar-refractivity contribution in [3.05, 3.63) is 58.6 Å². The summed E-state index contributed by atoms with van der Waals surface area (Å²) in [4.78, 5) is 16.1. The number of carbonyl (C=O) groups is 1. The van der Waals surface area contributed by atoms with Crippen LogP contribution in [-0.4, -0.2) is 22.6 Å². The number of benzene rings is 1. The van der Waals surface area contributed by atoms with E-state index in [1.165, 1.54) is 0 Å². The van der Waals surface area contributed by atoms with Crippen molar-refractivity contribution in [2.24, 2.45) is 0 Å². The Kier molecular flexibility index (Phi) is 5.38. The third-order valence-electron chi connectivity index (χ3n) is 3.19. The molecule has 0 aliphatic rings. The van der Waals surface area contributed by atoms with Crippen molar-refractivity contribution in [1.29, 1.82) is 0 Å². The Balaban J connectivity index is 1.42. The predicted molar refractivity (Wildman–Crippen MR) is 92.3 cm³/mol. The molecule has 0 aliphatic heterocycles. The third-order valence-corrected chi connectivity index (χ3v) is 3.88. The zero-order valence-electron chi connectivity index (χ0n) is 12.9. The molecule has 5 nitrogen and oxygen atoms in total. The highest BCUT2D eigenvalue weighted by Gasteiger charge is 2.10. The quantitative estimate of drug-likeness (QED) is 0.727. The second-order valence-electron chi connectivity index (χ2n) is 4.97. The number of amides is 1. The number of aromatic nitrogens is 2. The summed E-state index contributed by atoms with van der Waals surface area (Å²) in [5.41, 5.74) is 1.86. The lowest BCUT2D eigenvalue weighted by Gasteiger charge is -1.98. The van der Waals surface area contributed by atoms with Crippen molar-refractivity contribution in [2.45, 2.75) is 12.8 Å². The Bertz CT molecular complexity index is 845. The summed E-state index contributed by atoms with van der Waals surface area (Å²) >= 11 is 1.57. The van der Waals surface area contributed by atoms with Crippen LogP contribution in [0.1, 0.15) is 17.9 Å². The maximum atomic E-state index is 11.8. The summed E-state index contributed by atoms with van der Waals surface area (Å²) in [6, 6.07) is 11.6. The van der Waals surface area contributed by atoms with Crippen LogP contribution in [0.4, 0.5) is 0 Å². The smallest absolute Gasteiger partial charge is 0.227 e. The van der Waals surface area contributed by atoms with Crippen LogP contribution >= 0.6 is 11.3 Å². The van der Waals surface area contributed by atoms with E-state index in [0.29, 0.717) is 24.7 Å². The molecule has 24 heavy (non-hydrogen) atoms. The molecule has 3 aromatic rings. The normalized spacial score (nSPS) is 10.0. The molecule has 1 N–H and O–H groups in total. The largest absolute Gasteiger partial charge is 0.345 e. The average molecular weight is 337 g/mol. The Morgan fingerprint density at radius 1 is 1.25 bits per heavy atom. The van der Waals surface area contributed by atoms with Gasteiger partial charge in [0.2, 0.25) is 17.6 Å². The van der Waals surface area contributed by atoms with E-state index in [1.807, 2.05) is 47.2 Å². The molecule has 0 aliphatic carbocycles. The van der Waals surface area contributed by atoms with Gasteiger partial charge < -0.3 is 9.84 Å². The van der Waals surface area contributed by atoms with E-state index in [4.69, 9.17) is 4.52 Å². The van der Waals surface area contributed by atoms with Gasteiger partial charge in [0.25, 0.3) is 0 Å². The van der Waals surface area contributed by atoms with Crippen LogP contribution in [0, 0.1) is 11.8 Å². The molecule has 2 aromatic heterocycles. The van der Waals surface area contributed by atoms with Crippen molar-refractivity contribution in [3.63, 3.8) is 0 Å². The molecule has 0 saturated heterocycles. The van der Waals surface area contributed by atoms with Gasteiger partial charge in [0.05, 0.1) is 6.54 Å². The average Bonchev–Trinajstić information content (AvgIpc) is 3.29. The number of nitrogens with one attached hydrogen (secondary N) is 1. The number of carbonyl (C=O) groups excluding carboxylic acids is 1. The van der Waals surface area contributed by atoms with E-state index >= 15 is 0 Å². The first kappa shape index (κ1) is 16.0. The molecular weight excluding hydrogens is 322 g/mol. The lowest BCUT2D eigenvalue weighted by atomic mass is 10.2. The van der Waals surface area contributed by atoms with E-state index in [9.17, 15) is 4.79 Å². The number of hydrogen-bond acceptors (Lipinski definition) is 5. The van der Waals surface area contributed by atoms with Crippen LogP contribution in [0.15, 0.2) is 51.7 Å². The summed E-state index contributed by atoms with van der Waals surface area (Å²) < 4.78 is 5.16. The van der Waals surface area contributed by atoms with Crippen molar-refractivity contribution >= 4 is 17.2 Å². The van der Waals surface area contributed by atoms with E-state index in [1.54, 1.807) is 11.3 Å². The summed E-state index contributed by atoms with van der Waals surface area (Å²) in [7, 11) is 0. The molecule has 1 amide bonds. The van der Waals surface area contributed by atoms with Gasteiger partial charge in [-0.25, -0.2) is 0 Å². The molecule has 0 atom stereocenters. The molecule has 0 bridgehead atoms. The van der Waals surface area contributed by atoms with Gasteiger partial charge in [-0.1, -0.05) is 35.2 Å². The highest BCUT2D eigenvalue weighted by atomic mass is 32.1. The van der Waals surface area contributed by atoms with Crippen molar-refractivity contribution in [2.75, 3.05) is 6.54 Å². The number of aryl methyl sites for hydroxylation is 1. The van der Waals surface area contributed by atoms with E-state index in [-0.39, 0.29) is 12.3 Å². The summed E-state index contributed by atoms with van der Waals surface area (Å²) in [5, 5.41) is 10.6. The summed E-state index contributed by atoms with van der Waals surface area (Å²) in [5.74, 6) is 6.84. The fraction of sp³-hybridized carbons (Fsp3) is 0.167. The van der Waals surface area contributed by atoms with Gasteiger partial charge in [0, 0.05) is 29.3 Å². The highest BCUT2D eigenvalue weighted by molar-refractivity contribution is 7.08. The van der Waals surface area contributed by atoms with Crippen LogP contribution in [0.25, 0.3) is 11.4 Å². The minimum Gasteiger partial charge on any atom is -0.345 e.